The van der Waals surface area contributed by atoms with Gasteiger partial charge in [0.2, 0.25) is 0 Å². The zero-order chi connectivity index (χ0) is 11.4. The monoisotopic (exact) mass is 233 g/mol. The van der Waals surface area contributed by atoms with Crippen molar-refractivity contribution in [2.24, 2.45) is 0 Å². The second-order valence-electron chi connectivity index (χ2n) is 3.39. The van der Waals surface area contributed by atoms with Crippen LogP contribution < -0.4 is 5.73 Å². The van der Waals surface area contributed by atoms with Crippen LogP contribution in [0.2, 0.25) is 0 Å². The van der Waals surface area contributed by atoms with E-state index in [2.05, 4.69) is 9.97 Å². The molecule has 5 heteroatoms. The zero-order valence-corrected chi connectivity index (χ0v) is 9.41. The number of rotatable bonds is 4. The summed E-state index contributed by atoms with van der Waals surface area (Å²) in [6.45, 7) is 0. The molecule has 0 aromatic carbocycles. The summed E-state index contributed by atoms with van der Waals surface area (Å²) in [6, 6.07) is 5.54. The molecule has 0 fully saturated rings. The number of carbonyl (C=O) groups excluding carboxylic acids is 1. The molecule has 82 valence electrons. The molecule has 2 aromatic heterocycles. The van der Waals surface area contributed by atoms with Gasteiger partial charge < -0.3 is 5.73 Å². The molecule has 0 aliphatic heterocycles. The lowest BCUT2D eigenvalue weighted by atomic mass is 10.1. The van der Waals surface area contributed by atoms with Gasteiger partial charge in [-0.25, -0.2) is 4.98 Å². The lowest BCUT2D eigenvalue weighted by Crippen LogP contribution is -2.07. The fourth-order valence-corrected chi connectivity index (χ4v) is 1.94. The molecule has 0 radical (unpaired) electrons. The molecule has 0 saturated heterocycles. The Bertz CT molecular complexity index is 481. The number of Topliss-reactive ketones (excluding diaryl/α,β-unsaturated/α-hetero) is 1. The summed E-state index contributed by atoms with van der Waals surface area (Å²) in [5.41, 5.74) is 7.02. The molecule has 0 amide bonds. The van der Waals surface area contributed by atoms with E-state index in [1.807, 2.05) is 23.6 Å². The Hall–Kier alpha value is -1.75. The van der Waals surface area contributed by atoms with E-state index >= 15 is 0 Å². The van der Waals surface area contributed by atoms with Gasteiger partial charge >= 0.3 is 0 Å². The fraction of sp³-hybridized carbons (Fsp3) is 0.182. The standard InChI is InChI=1S/C11H11N3OS/c12-11-14-9(7-16-11)6-10(15)5-8-3-1-2-4-13-8/h1-4,7H,5-6H2,(H2,12,14). The number of nitrogens with zero attached hydrogens (tertiary/aromatic N) is 2. The minimum Gasteiger partial charge on any atom is -0.375 e. The van der Waals surface area contributed by atoms with Gasteiger partial charge in [0.25, 0.3) is 0 Å². The average Bonchev–Trinajstić information content (AvgIpc) is 2.65. The first-order valence-electron chi connectivity index (χ1n) is 4.85. The van der Waals surface area contributed by atoms with Gasteiger partial charge in [-0.1, -0.05) is 6.07 Å². The van der Waals surface area contributed by atoms with Crippen molar-refractivity contribution in [3.63, 3.8) is 0 Å². The second kappa shape index (κ2) is 4.85. The zero-order valence-electron chi connectivity index (χ0n) is 8.59. The van der Waals surface area contributed by atoms with E-state index in [0.29, 0.717) is 18.0 Å². The predicted molar refractivity (Wildman–Crippen MR) is 63.2 cm³/mol. The van der Waals surface area contributed by atoms with Crippen LogP contribution in [0, 0.1) is 0 Å². The molecule has 0 bridgehead atoms. The number of nitrogens with two attached hydrogens (primary N) is 1. The lowest BCUT2D eigenvalue weighted by molar-refractivity contribution is -0.117. The van der Waals surface area contributed by atoms with E-state index < -0.39 is 0 Å². The molecule has 0 aliphatic carbocycles. The molecule has 2 N–H and O–H groups in total. The number of hydrogen-bond acceptors (Lipinski definition) is 5. The van der Waals surface area contributed by atoms with Crippen molar-refractivity contribution in [3.8, 4) is 0 Å². The first-order valence-corrected chi connectivity index (χ1v) is 5.73. The summed E-state index contributed by atoms with van der Waals surface area (Å²) in [4.78, 5) is 19.8. The Morgan fingerprint density at radius 3 is 2.75 bits per heavy atom. The maximum absolute atomic E-state index is 11.7. The Kier molecular flexibility index (Phi) is 3.26. The molecule has 0 saturated carbocycles. The molecule has 2 rings (SSSR count). The van der Waals surface area contributed by atoms with Crippen molar-refractivity contribution in [1.82, 2.24) is 9.97 Å². The smallest absolute Gasteiger partial charge is 0.180 e. The molecule has 0 unspecified atom stereocenters. The van der Waals surface area contributed by atoms with Gasteiger partial charge in [-0.3, -0.25) is 9.78 Å². The van der Waals surface area contributed by atoms with Crippen LogP contribution in [-0.2, 0) is 17.6 Å². The molecular formula is C11H11N3OS. The minimum atomic E-state index is 0.101. The Morgan fingerprint density at radius 2 is 2.12 bits per heavy atom. The van der Waals surface area contributed by atoms with Crippen molar-refractivity contribution >= 4 is 22.3 Å². The van der Waals surface area contributed by atoms with Gasteiger partial charge in [-0.15, -0.1) is 11.3 Å². The van der Waals surface area contributed by atoms with Crippen LogP contribution in [0.1, 0.15) is 11.4 Å². The van der Waals surface area contributed by atoms with Crippen LogP contribution >= 0.6 is 11.3 Å². The van der Waals surface area contributed by atoms with E-state index in [9.17, 15) is 4.79 Å². The van der Waals surface area contributed by atoms with Crippen molar-refractivity contribution in [1.29, 1.82) is 0 Å². The topological polar surface area (TPSA) is 68.9 Å². The Balaban J connectivity index is 1.95. The average molecular weight is 233 g/mol. The number of nitrogen functional groups attached to an aromatic ring is 1. The van der Waals surface area contributed by atoms with E-state index in [1.165, 1.54) is 11.3 Å². The molecule has 0 atom stereocenters. The SMILES string of the molecule is Nc1nc(CC(=O)Cc2ccccn2)cs1. The Morgan fingerprint density at radius 1 is 1.31 bits per heavy atom. The third kappa shape index (κ3) is 2.87. The van der Waals surface area contributed by atoms with Gasteiger partial charge in [0.1, 0.15) is 5.78 Å². The van der Waals surface area contributed by atoms with Gasteiger partial charge in [0.15, 0.2) is 5.13 Å². The van der Waals surface area contributed by atoms with Crippen LogP contribution in [0.3, 0.4) is 0 Å². The number of hydrogen-bond donors (Lipinski definition) is 1. The van der Waals surface area contributed by atoms with Crippen LogP contribution in [0.4, 0.5) is 5.13 Å². The van der Waals surface area contributed by atoms with E-state index in [1.54, 1.807) is 6.20 Å². The van der Waals surface area contributed by atoms with Gasteiger partial charge in [-0.05, 0) is 12.1 Å². The predicted octanol–water partition coefficient (Wildman–Crippen LogP) is 1.47. The molecule has 4 nitrogen and oxygen atoms in total. The summed E-state index contributed by atoms with van der Waals surface area (Å²) in [6.07, 6.45) is 2.35. The molecule has 0 spiro atoms. The highest BCUT2D eigenvalue weighted by molar-refractivity contribution is 7.13. The first-order chi connectivity index (χ1) is 7.74. The quantitative estimate of drug-likeness (QED) is 0.868. The molecular weight excluding hydrogens is 222 g/mol. The van der Waals surface area contributed by atoms with Crippen LogP contribution in [0.5, 0.6) is 0 Å². The highest BCUT2D eigenvalue weighted by Gasteiger charge is 2.08. The number of thiazole rings is 1. The molecule has 2 heterocycles. The highest BCUT2D eigenvalue weighted by Crippen LogP contribution is 2.12. The number of carbonyl (C=O) groups is 1. The third-order valence-electron chi connectivity index (χ3n) is 2.05. The van der Waals surface area contributed by atoms with Gasteiger partial charge in [-0.2, -0.15) is 0 Å². The van der Waals surface area contributed by atoms with Crippen molar-refractivity contribution in [3.05, 3.63) is 41.2 Å². The number of aromatic nitrogens is 2. The number of pyridine rings is 1. The van der Waals surface area contributed by atoms with E-state index in [0.717, 1.165) is 11.4 Å². The van der Waals surface area contributed by atoms with Crippen LogP contribution in [0.15, 0.2) is 29.8 Å². The second-order valence-corrected chi connectivity index (χ2v) is 4.28. The first kappa shape index (κ1) is 10.8. The molecule has 2 aromatic rings. The fourth-order valence-electron chi connectivity index (χ4n) is 1.37. The van der Waals surface area contributed by atoms with Crippen LogP contribution in [0.25, 0.3) is 0 Å². The van der Waals surface area contributed by atoms with Crippen molar-refractivity contribution in [2.45, 2.75) is 12.8 Å². The van der Waals surface area contributed by atoms with Crippen LogP contribution in [-0.4, -0.2) is 15.8 Å². The number of ketones is 1. The van der Waals surface area contributed by atoms with Gasteiger partial charge in [0.05, 0.1) is 12.1 Å². The summed E-state index contributed by atoms with van der Waals surface area (Å²) in [5, 5.41) is 2.31. The van der Waals surface area contributed by atoms with E-state index in [-0.39, 0.29) is 5.78 Å². The number of anilines is 1. The normalized spacial score (nSPS) is 10.2. The lowest BCUT2D eigenvalue weighted by Gasteiger charge is -1.98. The maximum Gasteiger partial charge on any atom is 0.180 e. The van der Waals surface area contributed by atoms with Crippen molar-refractivity contribution in [2.75, 3.05) is 5.73 Å². The van der Waals surface area contributed by atoms with Gasteiger partial charge in [0, 0.05) is 23.7 Å². The summed E-state index contributed by atoms with van der Waals surface area (Å²) < 4.78 is 0. The molecule has 0 aliphatic rings. The minimum absolute atomic E-state index is 0.101. The molecule has 16 heavy (non-hydrogen) atoms. The largest absolute Gasteiger partial charge is 0.375 e. The summed E-state index contributed by atoms with van der Waals surface area (Å²) >= 11 is 1.35. The Labute approximate surface area is 97.2 Å². The van der Waals surface area contributed by atoms with E-state index in [4.69, 9.17) is 5.73 Å². The van der Waals surface area contributed by atoms with Crippen molar-refractivity contribution < 1.29 is 4.79 Å². The summed E-state index contributed by atoms with van der Waals surface area (Å²) in [7, 11) is 0. The third-order valence-corrected chi connectivity index (χ3v) is 2.77. The highest BCUT2D eigenvalue weighted by atomic mass is 32.1. The summed E-state index contributed by atoms with van der Waals surface area (Å²) in [5.74, 6) is 0.101. The maximum atomic E-state index is 11.7.